The molecule has 2 aromatic rings. The van der Waals surface area contributed by atoms with Crippen LogP contribution in [0.1, 0.15) is 13.8 Å². The van der Waals surface area contributed by atoms with Gasteiger partial charge in [-0.1, -0.05) is 18.2 Å². The van der Waals surface area contributed by atoms with Crippen LogP contribution < -0.4 is 11.1 Å². The average Bonchev–Trinajstić information content (AvgIpc) is 2.36. The number of nitrogens with one attached hydrogen (secondary N) is 1. The number of benzene rings is 1. The Hall–Kier alpha value is -2.17. The van der Waals surface area contributed by atoms with Gasteiger partial charge in [-0.3, -0.25) is 4.79 Å². The summed E-state index contributed by atoms with van der Waals surface area (Å²) in [6, 6.07) is 7.71. The maximum absolute atomic E-state index is 11.3. The van der Waals surface area contributed by atoms with E-state index in [-0.39, 0.29) is 5.91 Å². The largest absolute Gasteiger partial charge is 0.382 e. The summed E-state index contributed by atoms with van der Waals surface area (Å²) < 4.78 is 0. The molecule has 0 atom stereocenters. The second kappa shape index (κ2) is 4.60. The quantitative estimate of drug-likeness (QED) is 0.855. The molecule has 18 heavy (non-hydrogen) atoms. The monoisotopic (exact) mass is 244 g/mol. The molecule has 1 amide bonds. The number of amides is 1. The number of aromatic nitrogens is 2. The van der Waals surface area contributed by atoms with Crippen molar-refractivity contribution in [2.45, 2.75) is 13.8 Å². The second-order valence-electron chi connectivity index (χ2n) is 4.88. The molecular weight excluding hydrogens is 228 g/mol. The highest BCUT2D eigenvalue weighted by Crippen LogP contribution is 2.22. The maximum atomic E-state index is 11.3. The van der Waals surface area contributed by atoms with E-state index in [1.54, 1.807) is 20.0 Å². The highest BCUT2D eigenvalue weighted by Gasteiger charge is 2.24. The number of carbonyl (C=O) groups excluding carboxylic acids is 1. The van der Waals surface area contributed by atoms with E-state index in [1.165, 1.54) is 0 Å². The van der Waals surface area contributed by atoms with Crippen molar-refractivity contribution in [2.75, 3.05) is 11.9 Å². The molecule has 0 aliphatic carbocycles. The van der Waals surface area contributed by atoms with Crippen molar-refractivity contribution in [3.63, 3.8) is 0 Å². The molecule has 0 fully saturated rings. The van der Waals surface area contributed by atoms with Gasteiger partial charge in [-0.2, -0.15) is 10.2 Å². The van der Waals surface area contributed by atoms with Crippen molar-refractivity contribution in [3.8, 4) is 0 Å². The Morgan fingerprint density at radius 1 is 1.39 bits per heavy atom. The summed E-state index contributed by atoms with van der Waals surface area (Å²) in [6.45, 7) is 4.07. The number of nitrogens with two attached hydrogens (primary N) is 1. The zero-order valence-corrected chi connectivity index (χ0v) is 10.5. The van der Waals surface area contributed by atoms with Gasteiger partial charge in [0.1, 0.15) is 0 Å². The maximum Gasteiger partial charge on any atom is 0.224 e. The number of hydrogen-bond donors (Lipinski definition) is 2. The molecule has 0 saturated heterocycles. The Bertz CT molecular complexity index is 575. The van der Waals surface area contributed by atoms with Gasteiger partial charge in [-0.05, 0) is 19.9 Å². The second-order valence-corrected chi connectivity index (χ2v) is 4.88. The Balaban J connectivity index is 2.25. The molecule has 94 valence electrons. The van der Waals surface area contributed by atoms with Crippen LogP contribution in [-0.4, -0.2) is 22.6 Å². The SMILES string of the molecule is CC(C)(CNc1cnnc2ccccc12)C(N)=O. The minimum absolute atomic E-state index is 0.332. The van der Waals surface area contributed by atoms with Crippen LogP contribution in [0.2, 0.25) is 0 Å². The first-order chi connectivity index (χ1) is 8.50. The summed E-state index contributed by atoms with van der Waals surface area (Å²) in [6.07, 6.45) is 1.65. The number of primary amides is 1. The molecule has 1 aromatic heterocycles. The van der Waals surface area contributed by atoms with Crippen LogP contribution in [0.15, 0.2) is 30.5 Å². The predicted molar refractivity (Wildman–Crippen MR) is 71.0 cm³/mol. The van der Waals surface area contributed by atoms with Gasteiger partial charge in [-0.15, -0.1) is 0 Å². The fourth-order valence-corrected chi connectivity index (χ4v) is 1.55. The number of nitrogens with zero attached hydrogens (tertiary/aromatic N) is 2. The summed E-state index contributed by atoms with van der Waals surface area (Å²) in [7, 11) is 0. The van der Waals surface area contributed by atoms with Gasteiger partial charge in [-0.25, -0.2) is 0 Å². The summed E-state index contributed by atoms with van der Waals surface area (Å²) in [5.74, 6) is -0.332. The van der Waals surface area contributed by atoms with Crippen molar-refractivity contribution < 1.29 is 4.79 Å². The first kappa shape index (κ1) is 12.3. The Kier molecular flexibility index (Phi) is 3.14. The fraction of sp³-hybridized carbons (Fsp3) is 0.308. The van der Waals surface area contributed by atoms with E-state index in [0.717, 1.165) is 16.6 Å². The number of hydrogen-bond acceptors (Lipinski definition) is 4. The molecule has 0 spiro atoms. The molecule has 5 nitrogen and oxygen atoms in total. The summed E-state index contributed by atoms with van der Waals surface area (Å²) in [4.78, 5) is 11.3. The lowest BCUT2D eigenvalue weighted by Crippen LogP contribution is -2.37. The topological polar surface area (TPSA) is 80.9 Å². The molecule has 2 rings (SSSR count). The molecule has 0 aliphatic rings. The van der Waals surface area contributed by atoms with Crippen molar-refractivity contribution in [1.29, 1.82) is 0 Å². The van der Waals surface area contributed by atoms with Crippen molar-refractivity contribution in [3.05, 3.63) is 30.5 Å². The third-order valence-corrected chi connectivity index (χ3v) is 2.93. The van der Waals surface area contributed by atoms with E-state index in [2.05, 4.69) is 15.5 Å². The van der Waals surface area contributed by atoms with Crippen LogP contribution in [0.3, 0.4) is 0 Å². The molecular formula is C13H16N4O. The lowest BCUT2D eigenvalue weighted by Gasteiger charge is -2.21. The van der Waals surface area contributed by atoms with E-state index in [0.29, 0.717) is 6.54 Å². The third kappa shape index (κ3) is 2.40. The molecule has 1 heterocycles. The minimum atomic E-state index is -0.607. The highest BCUT2D eigenvalue weighted by atomic mass is 16.1. The van der Waals surface area contributed by atoms with Crippen molar-refractivity contribution in [1.82, 2.24) is 10.2 Å². The van der Waals surface area contributed by atoms with E-state index in [1.807, 2.05) is 24.3 Å². The number of fused-ring (bicyclic) bond motifs is 1. The van der Waals surface area contributed by atoms with E-state index in [4.69, 9.17) is 5.73 Å². The van der Waals surface area contributed by atoms with Crippen LogP contribution in [0, 0.1) is 5.41 Å². The van der Waals surface area contributed by atoms with E-state index < -0.39 is 5.41 Å². The minimum Gasteiger partial charge on any atom is -0.382 e. The molecule has 5 heteroatoms. The first-order valence-electron chi connectivity index (χ1n) is 5.75. The van der Waals surface area contributed by atoms with Gasteiger partial charge in [0.05, 0.1) is 22.8 Å². The van der Waals surface area contributed by atoms with E-state index >= 15 is 0 Å². The van der Waals surface area contributed by atoms with Gasteiger partial charge >= 0.3 is 0 Å². The molecule has 0 bridgehead atoms. The third-order valence-electron chi connectivity index (χ3n) is 2.93. The van der Waals surface area contributed by atoms with Crippen LogP contribution in [0.5, 0.6) is 0 Å². The summed E-state index contributed by atoms with van der Waals surface area (Å²) in [5, 5.41) is 12.2. The normalized spacial score (nSPS) is 11.4. The molecule has 3 N–H and O–H groups in total. The summed E-state index contributed by atoms with van der Waals surface area (Å²) >= 11 is 0. The van der Waals surface area contributed by atoms with E-state index in [9.17, 15) is 4.79 Å². The van der Waals surface area contributed by atoms with Crippen molar-refractivity contribution in [2.24, 2.45) is 11.1 Å². The number of rotatable bonds is 4. The predicted octanol–water partition coefficient (Wildman–Crippen LogP) is 1.55. The Morgan fingerprint density at radius 2 is 2.11 bits per heavy atom. The van der Waals surface area contributed by atoms with Gasteiger partial charge < -0.3 is 11.1 Å². The standard InChI is InChI=1S/C13H16N4O/c1-13(2,12(14)18)8-15-11-7-16-17-10-6-4-3-5-9(10)11/h3-7H,8H2,1-2H3,(H2,14,18)(H,15,17). The lowest BCUT2D eigenvalue weighted by molar-refractivity contribution is -0.125. The van der Waals surface area contributed by atoms with Crippen LogP contribution >= 0.6 is 0 Å². The molecule has 0 saturated carbocycles. The van der Waals surface area contributed by atoms with Gasteiger partial charge in [0.25, 0.3) is 0 Å². The molecule has 1 aromatic carbocycles. The Labute approximate surface area is 105 Å². The van der Waals surface area contributed by atoms with Crippen LogP contribution in [-0.2, 0) is 4.79 Å². The zero-order valence-electron chi connectivity index (χ0n) is 10.5. The first-order valence-corrected chi connectivity index (χ1v) is 5.75. The highest BCUT2D eigenvalue weighted by molar-refractivity contribution is 5.90. The smallest absolute Gasteiger partial charge is 0.224 e. The lowest BCUT2D eigenvalue weighted by atomic mass is 9.92. The molecule has 0 aliphatic heterocycles. The van der Waals surface area contributed by atoms with Crippen LogP contribution in [0.4, 0.5) is 5.69 Å². The van der Waals surface area contributed by atoms with Gasteiger partial charge in [0.2, 0.25) is 5.91 Å². The number of anilines is 1. The number of carbonyl (C=O) groups is 1. The van der Waals surface area contributed by atoms with Gasteiger partial charge in [0.15, 0.2) is 0 Å². The van der Waals surface area contributed by atoms with Crippen molar-refractivity contribution >= 4 is 22.5 Å². The van der Waals surface area contributed by atoms with Crippen LogP contribution in [0.25, 0.3) is 10.9 Å². The fourth-order valence-electron chi connectivity index (χ4n) is 1.55. The Morgan fingerprint density at radius 3 is 2.83 bits per heavy atom. The average molecular weight is 244 g/mol. The summed E-state index contributed by atoms with van der Waals surface area (Å²) in [5.41, 5.74) is 6.41. The zero-order chi connectivity index (χ0) is 13.2. The van der Waals surface area contributed by atoms with Gasteiger partial charge in [0, 0.05) is 11.9 Å². The molecule has 0 radical (unpaired) electrons. The molecule has 0 unspecified atom stereocenters.